The molecule has 0 unspecified atom stereocenters. The summed E-state index contributed by atoms with van der Waals surface area (Å²) in [7, 11) is 3.94. The number of carbonyl (C=O) groups excluding carboxylic acids is 1. The van der Waals surface area contributed by atoms with Crippen molar-refractivity contribution < 1.29 is 31.2 Å². The average molecular weight is 354 g/mol. The number of rotatable bonds is 2. The molecule has 0 fully saturated rings. The summed E-state index contributed by atoms with van der Waals surface area (Å²) < 4.78 is 15.0. The molecule has 23 heavy (non-hydrogen) atoms. The van der Waals surface area contributed by atoms with Gasteiger partial charge in [-0.05, 0) is 19.1 Å². The van der Waals surface area contributed by atoms with E-state index in [1.165, 1.54) is 6.92 Å². The van der Waals surface area contributed by atoms with Crippen LogP contribution in [-0.4, -0.2) is 20.0 Å². The zero-order chi connectivity index (χ0) is 17.4. The molecule has 0 N–H and O–H groups in total. The van der Waals surface area contributed by atoms with Gasteiger partial charge < -0.3 is 15.0 Å². The topological polar surface area (TPSA) is 74.2 Å². The van der Waals surface area contributed by atoms with Crippen LogP contribution < -0.4 is 4.90 Å². The van der Waals surface area contributed by atoms with Crippen LogP contribution in [-0.2, 0) is 31.2 Å². The maximum Gasteiger partial charge on any atom is 2.00 e. The molecule has 0 heterocycles. The molecule has 2 aromatic carbocycles. The van der Waals surface area contributed by atoms with Crippen molar-refractivity contribution in [3.63, 3.8) is 0 Å². The molecule has 2 aromatic rings. The standard InChI is InChI=1S/C10H14N2O.C5H5.2CO.Fe/c1-8(13)11-9-4-6-10(7-5-9)12(2)3;1-2-4-5-3-1;2*1-2;/h4-7H,1-3H3,(H,11,13);1-5H;;;/q;-1;;;+2/p-1. The normalized spacial score (nSPS) is 7.26. The molecule has 0 radical (unpaired) electrons. The Bertz CT molecular complexity index is 509. The summed E-state index contributed by atoms with van der Waals surface area (Å²) in [5.41, 5.74) is 1.81. The van der Waals surface area contributed by atoms with Crippen LogP contribution in [0.3, 0.4) is 0 Å². The SMILES string of the molecule is CC(=O)[N-]c1ccc(N(C)C)cc1.[C-]#[O+].[C-]#[O+].[Fe+2].c1cc[cH-]c1. The Kier molecular flexibility index (Phi) is 20.0. The van der Waals surface area contributed by atoms with Crippen LogP contribution in [0.1, 0.15) is 6.92 Å². The van der Waals surface area contributed by atoms with Gasteiger partial charge in [-0.15, -0.1) is 5.69 Å². The summed E-state index contributed by atoms with van der Waals surface area (Å²) in [6.07, 6.45) is 0. The van der Waals surface area contributed by atoms with E-state index >= 15 is 0 Å². The molecule has 2 rings (SSSR count). The third-order valence-electron chi connectivity index (χ3n) is 2.21. The summed E-state index contributed by atoms with van der Waals surface area (Å²) in [4.78, 5) is 12.7. The fourth-order valence-electron chi connectivity index (χ4n) is 1.33. The first-order chi connectivity index (χ1) is 10.6. The van der Waals surface area contributed by atoms with Crippen molar-refractivity contribution in [2.24, 2.45) is 0 Å². The largest absolute Gasteiger partial charge is 2.00 e. The fraction of sp³-hybridized carbons (Fsp3) is 0.176. The molecule has 0 aliphatic heterocycles. The Morgan fingerprint density at radius 3 is 1.74 bits per heavy atom. The number of carbonyl (C=O) groups is 1. The molecule has 0 saturated carbocycles. The summed E-state index contributed by atoms with van der Waals surface area (Å²) in [5, 5.41) is 3.80. The molecule has 122 valence electrons. The van der Waals surface area contributed by atoms with Crippen LogP contribution in [0.15, 0.2) is 54.6 Å². The number of amides is 1. The second kappa shape index (κ2) is 17.9. The minimum absolute atomic E-state index is 0. The molecular formula is C17H18FeN2O3. The van der Waals surface area contributed by atoms with Gasteiger partial charge in [-0.2, -0.15) is 18.2 Å². The second-order valence-electron chi connectivity index (χ2n) is 4.00. The van der Waals surface area contributed by atoms with E-state index in [-0.39, 0.29) is 23.0 Å². The van der Waals surface area contributed by atoms with Crippen molar-refractivity contribution in [1.29, 1.82) is 0 Å². The van der Waals surface area contributed by atoms with Gasteiger partial charge in [-0.3, -0.25) is 0 Å². The molecule has 0 bridgehead atoms. The van der Waals surface area contributed by atoms with Crippen LogP contribution in [0.4, 0.5) is 11.4 Å². The van der Waals surface area contributed by atoms with Crippen molar-refractivity contribution in [2.45, 2.75) is 6.92 Å². The molecule has 0 atom stereocenters. The molecule has 0 aliphatic rings. The van der Waals surface area contributed by atoms with Crippen LogP contribution >= 0.6 is 0 Å². The third kappa shape index (κ3) is 14.5. The second-order valence-corrected chi connectivity index (χ2v) is 4.00. The Hall–Kier alpha value is -2.16. The van der Waals surface area contributed by atoms with E-state index < -0.39 is 0 Å². The molecule has 1 amide bonds. The van der Waals surface area contributed by atoms with Crippen molar-refractivity contribution in [3.05, 3.63) is 73.2 Å². The zero-order valence-corrected chi connectivity index (χ0v) is 14.3. The monoisotopic (exact) mass is 354 g/mol. The van der Waals surface area contributed by atoms with E-state index in [2.05, 4.69) is 18.6 Å². The number of hydrogen-bond acceptors (Lipinski definition) is 2. The summed E-state index contributed by atoms with van der Waals surface area (Å²) in [6, 6.07) is 17.5. The van der Waals surface area contributed by atoms with E-state index in [9.17, 15) is 4.79 Å². The van der Waals surface area contributed by atoms with E-state index in [0.29, 0.717) is 5.69 Å². The summed E-state index contributed by atoms with van der Waals surface area (Å²) in [6.45, 7) is 10.4. The fourth-order valence-corrected chi connectivity index (χ4v) is 1.33. The summed E-state index contributed by atoms with van der Waals surface area (Å²) >= 11 is 0. The maximum absolute atomic E-state index is 10.7. The predicted molar refractivity (Wildman–Crippen MR) is 84.4 cm³/mol. The molecule has 0 aliphatic carbocycles. The first-order valence-corrected chi connectivity index (χ1v) is 6.17. The zero-order valence-electron chi connectivity index (χ0n) is 13.2. The molecule has 0 spiro atoms. The van der Waals surface area contributed by atoms with Crippen molar-refractivity contribution >= 4 is 17.3 Å². The Labute approximate surface area is 148 Å². The molecule has 0 saturated heterocycles. The smallest absolute Gasteiger partial charge is 0.214 e. The van der Waals surface area contributed by atoms with Gasteiger partial charge in [-0.25, -0.2) is 12.1 Å². The molecule has 6 heteroatoms. The van der Waals surface area contributed by atoms with Crippen LogP contribution in [0, 0.1) is 13.3 Å². The number of nitrogens with zero attached hydrogens (tertiary/aromatic N) is 2. The quantitative estimate of drug-likeness (QED) is 0.469. The van der Waals surface area contributed by atoms with Gasteiger partial charge in [0, 0.05) is 19.8 Å². The minimum atomic E-state index is -0.169. The Morgan fingerprint density at radius 1 is 1.04 bits per heavy atom. The van der Waals surface area contributed by atoms with Gasteiger partial charge in [0.2, 0.25) is 0 Å². The first-order valence-electron chi connectivity index (χ1n) is 6.17. The van der Waals surface area contributed by atoms with Gasteiger partial charge >= 0.3 is 39.7 Å². The van der Waals surface area contributed by atoms with Crippen LogP contribution in [0.2, 0.25) is 0 Å². The van der Waals surface area contributed by atoms with Gasteiger partial charge in [-0.1, -0.05) is 12.1 Å². The van der Waals surface area contributed by atoms with Crippen molar-refractivity contribution in [1.82, 2.24) is 0 Å². The van der Waals surface area contributed by atoms with E-state index in [1.54, 1.807) is 0 Å². The molecule has 5 nitrogen and oxygen atoms in total. The van der Waals surface area contributed by atoms with Gasteiger partial charge in [0.25, 0.3) is 0 Å². The van der Waals surface area contributed by atoms with Crippen LogP contribution in [0.25, 0.3) is 5.32 Å². The minimum Gasteiger partial charge on any atom is -0.214 e. The van der Waals surface area contributed by atoms with Crippen molar-refractivity contribution in [3.8, 4) is 0 Å². The summed E-state index contributed by atoms with van der Waals surface area (Å²) in [5.74, 6) is -0.169. The number of hydrogen-bond donors (Lipinski definition) is 0. The molecule has 0 aromatic heterocycles. The molecular weight excluding hydrogens is 336 g/mol. The van der Waals surface area contributed by atoms with Gasteiger partial charge in [0.15, 0.2) is 0 Å². The van der Waals surface area contributed by atoms with E-state index in [0.717, 1.165) is 5.69 Å². The van der Waals surface area contributed by atoms with Crippen LogP contribution in [0.5, 0.6) is 0 Å². The van der Waals surface area contributed by atoms with E-state index in [1.807, 2.05) is 73.6 Å². The van der Waals surface area contributed by atoms with Gasteiger partial charge in [0.1, 0.15) is 0 Å². The Balaban J connectivity index is -0.000000335. The van der Waals surface area contributed by atoms with Crippen molar-refractivity contribution in [2.75, 3.05) is 19.0 Å². The predicted octanol–water partition coefficient (Wildman–Crippen LogP) is 3.63. The Morgan fingerprint density at radius 2 is 1.48 bits per heavy atom. The van der Waals surface area contributed by atoms with E-state index in [4.69, 9.17) is 9.30 Å². The number of benzene rings is 1. The number of anilines is 1. The maximum atomic E-state index is 10.7. The third-order valence-corrected chi connectivity index (χ3v) is 2.21. The van der Waals surface area contributed by atoms with Gasteiger partial charge in [0.05, 0.1) is 5.91 Å². The first kappa shape index (κ1) is 25.8. The average Bonchev–Trinajstić information content (AvgIpc) is 3.11.